The first-order valence-electron chi connectivity index (χ1n) is 7.43. The van der Waals surface area contributed by atoms with Gasteiger partial charge in [0.15, 0.2) is 0 Å². The van der Waals surface area contributed by atoms with Crippen LogP contribution in [-0.4, -0.2) is 6.61 Å². The second-order valence-electron chi connectivity index (χ2n) is 5.36. The predicted molar refractivity (Wildman–Crippen MR) is 108 cm³/mol. The number of unbranched alkanes of at least 4 members (excludes halogenated alkanes) is 1. The Balaban J connectivity index is 1.83. The van der Waals surface area contributed by atoms with Crippen LogP contribution in [0.3, 0.4) is 0 Å². The van der Waals surface area contributed by atoms with Crippen LogP contribution >= 0.6 is 45.3 Å². The van der Waals surface area contributed by atoms with Crippen molar-refractivity contribution in [3.05, 3.63) is 40.0 Å². The van der Waals surface area contributed by atoms with Crippen molar-refractivity contribution < 1.29 is 4.74 Å². The molecule has 22 heavy (non-hydrogen) atoms. The summed E-state index contributed by atoms with van der Waals surface area (Å²) < 4.78 is 12.7. The fourth-order valence-corrected chi connectivity index (χ4v) is 6.06. The quantitative estimate of drug-likeness (QED) is 0.245. The molecule has 1 nitrogen and oxygen atoms in total. The summed E-state index contributed by atoms with van der Waals surface area (Å²) in [5.41, 5.74) is 0. The molecule has 0 aliphatic rings. The topological polar surface area (TPSA) is 9.23 Å². The van der Waals surface area contributed by atoms with E-state index in [0.29, 0.717) is 0 Å². The summed E-state index contributed by atoms with van der Waals surface area (Å²) in [6.07, 6.45) is 2.28. The van der Waals surface area contributed by atoms with Gasteiger partial charge < -0.3 is 4.74 Å². The second kappa shape index (κ2) is 5.98. The Morgan fingerprint density at radius 2 is 1.64 bits per heavy atom. The molecule has 0 saturated carbocycles. The van der Waals surface area contributed by atoms with Crippen LogP contribution in [0.4, 0.5) is 0 Å². The fourth-order valence-electron chi connectivity index (χ4n) is 2.63. The minimum Gasteiger partial charge on any atom is -0.494 e. The Kier molecular flexibility index (Phi) is 4.00. The predicted octanol–water partition coefficient (Wildman–Crippen LogP) is 7.05. The van der Waals surface area contributed by atoms with Crippen LogP contribution in [0.5, 0.6) is 5.75 Å². The summed E-state index contributed by atoms with van der Waals surface area (Å²) in [5, 5.41) is 2.74. The highest BCUT2D eigenvalue weighted by molar-refractivity contribution is 14.1. The lowest BCUT2D eigenvalue weighted by atomic mass is 10.2. The van der Waals surface area contributed by atoms with E-state index in [0.717, 1.165) is 18.8 Å². The maximum atomic E-state index is 5.84. The average Bonchev–Trinajstić information content (AvgIpc) is 3.02. The van der Waals surface area contributed by atoms with Gasteiger partial charge >= 0.3 is 0 Å². The smallest absolute Gasteiger partial charge is 0.120 e. The first kappa shape index (κ1) is 14.7. The monoisotopic (exact) mass is 438 g/mol. The fraction of sp³-hybridized carbons (Fsp3) is 0.222. The molecule has 0 amide bonds. The van der Waals surface area contributed by atoms with Gasteiger partial charge in [0.1, 0.15) is 5.75 Å². The summed E-state index contributed by atoms with van der Waals surface area (Å²) in [4.78, 5) is 0. The van der Waals surface area contributed by atoms with Gasteiger partial charge in [-0.1, -0.05) is 19.4 Å². The molecule has 4 heteroatoms. The van der Waals surface area contributed by atoms with Crippen LogP contribution in [0.1, 0.15) is 19.8 Å². The van der Waals surface area contributed by atoms with E-state index in [1.54, 1.807) is 0 Å². The number of hydrogen-bond donors (Lipinski definition) is 0. The van der Waals surface area contributed by atoms with Crippen LogP contribution in [0, 0.1) is 3.57 Å². The normalized spacial score (nSPS) is 11.7. The van der Waals surface area contributed by atoms with Crippen molar-refractivity contribution in [3.63, 3.8) is 0 Å². The van der Waals surface area contributed by atoms with Crippen LogP contribution in [0.25, 0.3) is 29.6 Å². The maximum absolute atomic E-state index is 5.84. The summed E-state index contributed by atoms with van der Waals surface area (Å²) in [5.74, 6) is 0.994. The van der Waals surface area contributed by atoms with Gasteiger partial charge in [0.25, 0.3) is 0 Å². The molecule has 4 rings (SSSR count). The highest BCUT2D eigenvalue weighted by Crippen LogP contribution is 2.45. The van der Waals surface area contributed by atoms with Crippen molar-refractivity contribution in [1.29, 1.82) is 0 Å². The van der Waals surface area contributed by atoms with Crippen molar-refractivity contribution in [3.8, 4) is 5.75 Å². The van der Waals surface area contributed by atoms with Gasteiger partial charge in [-0.25, -0.2) is 0 Å². The zero-order valence-electron chi connectivity index (χ0n) is 12.2. The SMILES string of the molecule is CCCCOc1ccc2c(c1)sc1c3ccc(I)cc3sc21. The molecular weight excluding hydrogens is 423 g/mol. The van der Waals surface area contributed by atoms with Crippen LogP contribution in [0.2, 0.25) is 0 Å². The summed E-state index contributed by atoms with van der Waals surface area (Å²) in [6.45, 7) is 3.00. The highest BCUT2D eigenvalue weighted by atomic mass is 127. The van der Waals surface area contributed by atoms with Gasteiger partial charge in [0.2, 0.25) is 0 Å². The number of rotatable bonds is 4. The molecule has 4 aromatic rings. The van der Waals surface area contributed by atoms with Crippen molar-refractivity contribution in [2.45, 2.75) is 19.8 Å². The molecule has 2 heterocycles. The van der Waals surface area contributed by atoms with E-state index in [1.807, 2.05) is 22.7 Å². The number of thiophene rings is 2. The average molecular weight is 438 g/mol. The van der Waals surface area contributed by atoms with Crippen LogP contribution < -0.4 is 4.74 Å². The molecule has 0 radical (unpaired) electrons. The zero-order chi connectivity index (χ0) is 15.1. The molecule has 0 aliphatic heterocycles. The van der Waals surface area contributed by atoms with Crippen molar-refractivity contribution in [2.24, 2.45) is 0 Å². The molecular formula is C18H15IOS2. The Morgan fingerprint density at radius 1 is 0.955 bits per heavy atom. The number of benzene rings is 2. The van der Waals surface area contributed by atoms with Gasteiger partial charge in [-0.05, 0) is 59.3 Å². The van der Waals surface area contributed by atoms with E-state index in [2.05, 4.69) is 65.9 Å². The van der Waals surface area contributed by atoms with E-state index in [4.69, 9.17) is 4.74 Å². The van der Waals surface area contributed by atoms with Gasteiger partial charge in [0.05, 0.1) is 16.0 Å². The van der Waals surface area contributed by atoms with E-state index < -0.39 is 0 Å². The number of hydrogen-bond acceptors (Lipinski definition) is 3. The number of halogens is 1. The molecule has 112 valence electrons. The largest absolute Gasteiger partial charge is 0.494 e. The molecule has 0 N–H and O–H groups in total. The van der Waals surface area contributed by atoms with Crippen molar-refractivity contribution in [1.82, 2.24) is 0 Å². The zero-order valence-corrected chi connectivity index (χ0v) is 16.0. The lowest BCUT2D eigenvalue weighted by Crippen LogP contribution is -1.95. The van der Waals surface area contributed by atoms with Crippen molar-refractivity contribution >= 4 is 74.8 Å². The number of ether oxygens (including phenoxy) is 1. The molecule has 2 aromatic heterocycles. The van der Waals surface area contributed by atoms with E-state index in [9.17, 15) is 0 Å². The first-order valence-corrected chi connectivity index (χ1v) is 10.1. The maximum Gasteiger partial charge on any atom is 0.120 e. The van der Waals surface area contributed by atoms with Crippen molar-refractivity contribution in [2.75, 3.05) is 6.61 Å². The van der Waals surface area contributed by atoms with Gasteiger partial charge in [-0.3, -0.25) is 0 Å². The number of fused-ring (bicyclic) bond motifs is 5. The van der Waals surface area contributed by atoms with Crippen LogP contribution in [-0.2, 0) is 0 Å². The molecule has 0 aliphatic carbocycles. The van der Waals surface area contributed by atoms with Gasteiger partial charge in [0, 0.05) is 23.7 Å². The third-order valence-electron chi connectivity index (χ3n) is 3.78. The van der Waals surface area contributed by atoms with E-state index in [1.165, 1.54) is 39.6 Å². The minimum atomic E-state index is 0.809. The minimum absolute atomic E-state index is 0.809. The lowest BCUT2D eigenvalue weighted by Gasteiger charge is -2.04. The summed E-state index contributed by atoms with van der Waals surface area (Å²) in [6, 6.07) is 13.2. The lowest BCUT2D eigenvalue weighted by molar-refractivity contribution is 0.310. The second-order valence-corrected chi connectivity index (χ2v) is 8.71. The molecule has 2 aromatic carbocycles. The summed E-state index contributed by atoms with van der Waals surface area (Å²) >= 11 is 6.17. The standard InChI is InChI=1S/C18H15IOS2/c1-2-3-8-20-12-5-7-14-16(10-12)22-17-13-6-4-11(19)9-15(13)21-18(14)17/h4-7,9-10H,2-3,8H2,1H3. The first-order chi connectivity index (χ1) is 10.8. The Morgan fingerprint density at radius 3 is 2.36 bits per heavy atom. The molecule has 0 atom stereocenters. The molecule has 0 unspecified atom stereocenters. The van der Waals surface area contributed by atoms with Crippen LogP contribution in [0.15, 0.2) is 36.4 Å². The van der Waals surface area contributed by atoms with E-state index in [-0.39, 0.29) is 0 Å². The molecule has 0 spiro atoms. The van der Waals surface area contributed by atoms with Gasteiger partial charge in [-0.2, -0.15) is 0 Å². The Labute approximate surface area is 151 Å². The highest BCUT2D eigenvalue weighted by Gasteiger charge is 2.12. The molecule has 0 fully saturated rings. The summed E-state index contributed by atoms with van der Waals surface area (Å²) in [7, 11) is 0. The third kappa shape index (κ3) is 2.51. The van der Waals surface area contributed by atoms with Gasteiger partial charge in [-0.15, -0.1) is 22.7 Å². The Hall–Kier alpha value is -0.850. The molecule has 0 bridgehead atoms. The third-order valence-corrected chi connectivity index (χ3v) is 6.95. The molecule has 0 saturated heterocycles. The Bertz CT molecular complexity index is 967. The van der Waals surface area contributed by atoms with E-state index >= 15 is 0 Å².